The monoisotopic (exact) mass is 387 g/mol. The standard InChI is InChI=1S/C19H25N5O4/c1-12(2)24-17-13(10-21-24)8-14(9-20-17)18(26)28-11-16(25)23-19(27)22-15-6-4-3-5-7-15/h8-10,12,15H,3-7,11H2,1-2H3,(H2,22,23,25,27). The van der Waals surface area contributed by atoms with Crippen molar-refractivity contribution in [2.24, 2.45) is 0 Å². The highest BCUT2D eigenvalue weighted by atomic mass is 16.5. The third-order valence-electron chi connectivity index (χ3n) is 4.69. The molecular formula is C19H25N5O4. The van der Waals surface area contributed by atoms with E-state index < -0.39 is 24.5 Å². The zero-order valence-electron chi connectivity index (χ0n) is 16.1. The first kappa shape index (κ1) is 19.8. The Hall–Kier alpha value is -2.97. The highest BCUT2D eigenvalue weighted by molar-refractivity contribution is 5.97. The van der Waals surface area contributed by atoms with Crippen molar-refractivity contribution >= 4 is 28.9 Å². The third-order valence-corrected chi connectivity index (χ3v) is 4.69. The second kappa shape index (κ2) is 8.81. The van der Waals surface area contributed by atoms with Crippen molar-refractivity contribution in [2.75, 3.05) is 6.61 Å². The molecule has 1 aliphatic carbocycles. The molecule has 150 valence electrons. The number of hydrogen-bond acceptors (Lipinski definition) is 6. The number of nitrogens with zero attached hydrogens (tertiary/aromatic N) is 3. The summed E-state index contributed by atoms with van der Waals surface area (Å²) in [5.74, 6) is -1.36. The van der Waals surface area contributed by atoms with Gasteiger partial charge in [-0.2, -0.15) is 5.10 Å². The van der Waals surface area contributed by atoms with Crippen LogP contribution in [0.2, 0.25) is 0 Å². The van der Waals surface area contributed by atoms with Gasteiger partial charge in [0.05, 0.1) is 11.8 Å². The van der Waals surface area contributed by atoms with Crippen molar-refractivity contribution in [3.63, 3.8) is 0 Å². The molecule has 0 bridgehead atoms. The van der Waals surface area contributed by atoms with Crippen LogP contribution >= 0.6 is 0 Å². The number of urea groups is 1. The maximum Gasteiger partial charge on any atom is 0.340 e. The molecule has 0 aromatic carbocycles. The van der Waals surface area contributed by atoms with Gasteiger partial charge in [0.1, 0.15) is 0 Å². The molecule has 9 nitrogen and oxygen atoms in total. The van der Waals surface area contributed by atoms with Crippen LogP contribution in [0.15, 0.2) is 18.5 Å². The molecule has 2 heterocycles. The van der Waals surface area contributed by atoms with E-state index in [1.54, 1.807) is 16.9 Å². The summed E-state index contributed by atoms with van der Waals surface area (Å²) in [4.78, 5) is 40.1. The van der Waals surface area contributed by atoms with Crippen molar-refractivity contribution in [1.82, 2.24) is 25.4 Å². The number of imide groups is 1. The molecule has 28 heavy (non-hydrogen) atoms. The molecule has 3 rings (SSSR count). The summed E-state index contributed by atoms with van der Waals surface area (Å²) in [6.45, 7) is 3.43. The Kier molecular flexibility index (Phi) is 6.23. The number of nitrogens with one attached hydrogen (secondary N) is 2. The molecule has 0 saturated heterocycles. The molecule has 3 amide bonds. The predicted molar refractivity (Wildman–Crippen MR) is 102 cm³/mol. The Bertz CT molecular complexity index is 870. The molecule has 2 N–H and O–H groups in total. The van der Waals surface area contributed by atoms with Crippen molar-refractivity contribution in [2.45, 2.75) is 58.0 Å². The number of fused-ring (bicyclic) bond motifs is 1. The van der Waals surface area contributed by atoms with E-state index in [-0.39, 0.29) is 17.6 Å². The number of rotatable bonds is 5. The van der Waals surface area contributed by atoms with E-state index in [2.05, 4.69) is 20.7 Å². The van der Waals surface area contributed by atoms with Gasteiger partial charge in [-0.1, -0.05) is 19.3 Å². The minimum atomic E-state index is -0.686. The molecule has 2 aromatic heterocycles. The van der Waals surface area contributed by atoms with E-state index in [1.165, 1.54) is 12.6 Å². The Morgan fingerprint density at radius 2 is 1.96 bits per heavy atom. The summed E-state index contributed by atoms with van der Waals surface area (Å²) < 4.78 is 6.74. The fraction of sp³-hybridized carbons (Fsp3) is 0.526. The summed E-state index contributed by atoms with van der Waals surface area (Å²) in [6, 6.07) is 1.29. The van der Waals surface area contributed by atoms with Gasteiger partial charge in [-0.3, -0.25) is 10.1 Å². The van der Waals surface area contributed by atoms with Crippen molar-refractivity contribution < 1.29 is 19.1 Å². The van der Waals surface area contributed by atoms with Gasteiger partial charge in [-0.05, 0) is 32.8 Å². The number of pyridine rings is 1. The Labute approximate surface area is 162 Å². The lowest BCUT2D eigenvalue weighted by molar-refractivity contribution is -0.123. The number of aromatic nitrogens is 3. The van der Waals surface area contributed by atoms with Crippen LogP contribution in [0.5, 0.6) is 0 Å². The Morgan fingerprint density at radius 3 is 2.68 bits per heavy atom. The first-order chi connectivity index (χ1) is 13.4. The van der Waals surface area contributed by atoms with E-state index in [4.69, 9.17) is 4.74 Å². The minimum absolute atomic E-state index is 0.0913. The number of carbonyl (C=O) groups excluding carboxylic acids is 3. The van der Waals surface area contributed by atoms with Gasteiger partial charge in [-0.25, -0.2) is 19.3 Å². The van der Waals surface area contributed by atoms with Crippen LogP contribution in [0.1, 0.15) is 62.4 Å². The van der Waals surface area contributed by atoms with Gasteiger partial charge >= 0.3 is 12.0 Å². The zero-order chi connectivity index (χ0) is 20.1. The van der Waals surface area contributed by atoms with Crippen molar-refractivity contribution in [1.29, 1.82) is 0 Å². The normalized spacial score (nSPS) is 14.8. The van der Waals surface area contributed by atoms with Crippen LogP contribution in [0.25, 0.3) is 11.0 Å². The topological polar surface area (TPSA) is 115 Å². The lowest BCUT2D eigenvalue weighted by atomic mass is 9.96. The van der Waals surface area contributed by atoms with Crippen LogP contribution in [-0.2, 0) is 9.53 Å². The molecular weight excluding hydrogens is 362 g/mol. The maximum atomic E-state index is 12.2. The van der Waals surface area contributed by atoms with Crippen molar-refractivity contribution in [3.05, 3.63) is 24.0 Å². The van der Waals surface area contributed by atoms with E-state index in [0.29, 0.717) is 11.0 Å². The molecule has 0 spiro atoms. The van der Waals surface area contributed by atoms with Gasteiger partial charge in [0.2, 0.25) is 0 Å². The lowest BCUT2D eigenvalue weighted by Gasteiger charge is -2.22. The summed E-state index contributed by atoms with van der Waals surface area (Å²) in [7, 11) is 0. The average molecular weight is 387 g/mol. The zero-order valence-corrected chi connectivity index (χ0v) is 16.1. The first-order valence-electron chi connectivity index (χ1n) is 9.55. The number of hydrogen-bond donors (Lipinski definition) is 2. The average Bonchev–Trinajstić information content (AvgIpc) is 3.10. The van der Waals surface area contributed by atoms with Crippen LogP contribution in [0.3, 0.4) is 0 Å². The molecule has 2 aromatic rings. The molecule has 1 saturated carbocycles. The second-order valence-electron chi connectivity index (χ2n) is 7.25. The molecule has 9 heteroatoms. The molecule has 0 unspecified atom stereocenters. The number of carbonyl (C=O) groups is 3. The van der Waals surface area contributed by atoms with Gasteiger partial charge in [0.15, 0.2) is 12.3 Å². The molecule has 0 radical (unpaired) electrons. The Morgan fingerprint density at radius 1 is 1.21 bits per heavy atom. The van der Waals surface area contributed by atoms with Gasteiger partial charge < -0.3 is 10.1 Å². The summed E-state index contributed by atoms with van der Waals surface area (Å²) in [6.07, 6.45) is 8.17. The number of ether oxygens (including phenoxy) is 1. The minimum Gasteiger partial charge on any atom is -0.452 e. The predicted octanol–water partition coefficient (Wildman–Crippen LogP) is 2.33. The van der Waals surface area contributed by atoms with Crippen LogP contribution in [0, 0.1) is 0 Å². The molecule has 0 aliphatic heterocycles. The number of amides is 3. The largest absolute Gasteiger partial charge is 0.452 e. The van der Waals surface area contributed by atoms with E-state index in [0.717, 1.165) is 25.7 Å². The van der Waals surface area contributed by atoms with Gasteiger partial charge in [0, 0.05) is 23.7 Å². The smallest absolute Gasteiger partial charge is 0.340 e. The fourth-order valence-electron chi connectivity index (χ4n) is 3.28. The summed E-state index contributed by atoms with van der Waals surface area (Å²) in [5, 5.41) is 9.91. The summed E-state index contributed by atoms with van der Waals surface area (Å²) >= 11 is 0. The summed E-state index contributed by atoms with van der Waals surface area (Å²) in [5.41, 5.74) is 0.888. The fourth-order valence-corrected chi connectivity index (χ4v) is 3.28. The van der Waals surface area contributed by atoms with E-state index in [1.807, 2.05) is 13.8 Å². The molecule has 1 fully saturated rings. The quantitative estimate of drug-likeness (QED) is 0.761. The highest BCUT2D eigenvalue weighted by Crippen LogP contribution is 2.18. The number of esters is 1. The van der Waals surface area contributed by atoms with Crippen LogP contribution in [0.4, 0.5) is 4.79 Å². The van der Waals surface area contributed by atoms with Crippen LogP contribution in [-0.4, -0.2) is 45.3 Å². The van der Waals surface area contributed by atoms with Crippen LogP contribution < -0.4 is 10.6 Å². The van der Waals surface area contributed by atoms with E-state index in [9.17, 15) is 14.4 Å². The molecule has 1 aliphatic rings. The second-order valence-corrected chi connectivity index (χ2v) is 7.25. The van der Waals surface area contributed by atoms with E-state index >= 15 is 0 Å². The third kappa shape index (κ3) is 4.85. The van der Waals surface area contributed by atoms with Crippen molar-refractivity contribution in [3.8, 4) is 0 Å². The maximum absolute atomic E-state index is 12.2. The SMILES string of the molecule is CC(C)n1ncc2cc(C(=O)OCC(=O)NC(=O)NC3CCCCC3)cnc21. The highest BCUT2D eigenvalue weighted by Gasteiger charge is 2.18. The first-order valence-corrected chi connectivity index (χ1v) is 9.55. The lowest BCUT2D eigenvalue weighted by Crippen LogP contribution is -2.46. The Balaban J connectivity index is 1.49. The van der Waals surface area contributed by atoms with Gasteiger partial charge in [-0.15, -0.1) is 0 Å². The molecule has 0 atom stereocenters. The van der Waals surface area contributed by atoms with Gasteiger partial charge in [0.25, 0.3) is 5.91 Å².